The average Bonchev–Trinajstić information content (AvgIpc) is 2.40. The number of amides is 1. The van der Waals surface area contributed by atoms with Crippen LogP contribution in [0.4, 0.5) is 5.69 Å². The Kier molecular flexibility index (Phi) is 4.20. The molecule has 0 atom stereocenters. The Morgan fingerprint density at radius 1 is 1.20 bits per heavy atom. The summed E-state index contributed by atoms with van der Waals surface area (Å²) >= 11 is 3.28. The van der Waals surface area contributed by atoms with Crippen LogP contribution in [0.1, 0.15) is 10.4 Å². The van der Waals surface area contributed by atoms with Gasteiger partial charge in [0.05, 0.1) is 15.1 Å². The third-order valence-electron chi connectivity index (χ3n) is 2.57. The Morgan fingerprint density at radius 2 is 1.85 bits per heavy atom. The molecule has 0 saturated heterocycles. The molecule has 1 N–H and O–H groups in total. The van der Waals surface area contributed by atoms with E-state index in [9.17, 15) is 13.2 Å². The number of halogens is 1. The predicted octanol–water partition coefficient (Wildman–Crippen LogP) is 2.50. The van der Waals surface area contributed by atoms with Gasteiger partial charge in [-0.05, 0) is 46.3 Å². The molecule has 0 unspecified atom stereocenters. The summed E-state index contributed by atoms with van der Waals surface area (Å²) in [6.45, 7) is 0. The van der Waals surface area contributed by atoms with Crippen molar-refractivity contribution in [1.29, 1.82) is 0 Å². The Bertz CT molecular complexity index is 742. The molecule has 2 aromatic rings. The van der Waals surface area contributed by atoms with Crippen LogP contribution < -0.4 is 5.32 Å². The summed E-state index contributed by atoms with van der Waals surface area (Å²) < 4.78 is 23.3. The van der Waals surface area contributed by atoms with Crippen LogP contribution in [0.5, 0.6) is 0 Å². The molecule has 0 radical (unpaired) electrons. The standard InChI is InChI=1S/C13H11BrN2O3S/c1-20(18,19)10-4-2-9(3-5-10)13(17)16-12-6-7-15-8-11(12)14/h2-8H,1H3,(H,15,16,17). The van der Waals surface area contributed by atoms with Crippen molar-refractivity contribution in [3.63, 3.8) is 0 Å². The normalized spacial score (nSPS) is 11.1. The lowest BCUT2D eigenvalue weighted by atomic mass is 10.2. The van der Waals surface area contributed by atoms with Crippen LogP contribution in [-0.2, 0) is 9.84 Å². The summed E-state index contributed by atoms with van der Waals surface area (Å²) in [6.07, 6.45) is 4.26. The predicted molar refractivity (Wildman–Crippen MR) is 79.4 cm³/mol. The molecule has 0 aliphatic heterocycles. The Balaban J connectivity index is 2.20. The number of aromatic nitrogens is 1. The second kappa shape index (κ2) is 5.72. The van der Waals surface area contributed by atoms with E-state index in [0.717, 1.165) is 6.26 Å². The third kappa shape index (κ3) is 3.43. The number of nitrogens with one attached hydrogen (secondary N) is 1. The molecule has 0 spiro atoms. The number of hydrogen-bond acceptors (Lipinski definition) is 4. The fraction of sp³-hybridized carbons (Fsp3) is 0.0769. The second-order valence-corrected chi connectivity index (χ2v) is 6.98. The van der Waals surface area contributed by atoms with E-state index in [1.165, 1.54) is 24.3 Å². The molecule has 0 fully saturated rings. The molecule has 20 heavy (non-hydrogen) atoms. The van der Waals surface area contributed by atoms with Gasteiger partial charge in [0.1, 0.15) is 0 Å². The van der Waals surface area contributed by atoms with Crippen molar-refractivity contribution in [3.8, 4) is 0 Å². The summed E-state index contributed by atoms with van der Waals surface area (Å²) in [4.78, 5) is 16.1. The zero-order valence-electron chi connectivity index (χ0n) is 10.5. The van der Waals surface area contributed by atoms with Crippen molar-refractivity contribution >= 4 is 37.4 Å². The molecule has 104 valence electrons. The lowest BCUT2D eigenvalue weighted by Crippen LogP contribution is -2.12. The number of hydrogen-bond donors (Lipinski definition) is 1. The first-order chi connectivity index (χ1) is 9.38. The third-order valence-corrected chi connectivity index (χ3v) is 4.33. The molecule has 5 nitrogen and oxygen atoms in total. The number of benzene rings is 1. The first-order valence-electron chi connectivity index (χ1n) is 5.59. The van der Waals surface area contributed by atoms with Gasteiger partial charge in [-0.1, -0.05) is 0 Å². The lowest BCUT2D eigenvalue weighted by Gasteiger charge is -2.07. The van der Waals surface area contributed by atoms with Gasteiger partial charge in [-0.15, -0.1) is 0 Å². The molecule has 1 amide bonds. The van der Waals surface area contributed by atoms with E-state index in [-0.39, 0.29) is 10.8 Å². The van der Waals surface area contributed by atoms with Crippen LogP contribution in [0, 0.1) is 0 Å². The highest BCUT2D eigenvalue weighted by atomic mass is 79.9. The van der Waals surface area contributed by atoms with E-state index < -0.39 is 9.84 Å². The van der Waals surface area contributed by atoms with Crippen LogP contribution in [0.25, 0.3) is 0 Å². The molecule has 0 saturated carbocycles. The number of carbonyl (C=O) groups is 1. The average molecular weight is 355 g/mol. The highest BCUT2D eigenvalue weighted by Gasteiger charge is 2.11. The number of rotatable bonds is 3. The zero-order chi connectivity index (χ0) is 14.8. The van der Waals surface area contributed by atoms with Crippen LogP contribution in [0.3, 0.4) is 0 Å². The molecule has 1 aromatic heterocycles. The van der Waals surface area contributed by atoms with Gasteiger partial charge in [-0.25, -0.2) is 8.42 Å². The van der Waals surface area contributed by atoms with Gasteiger partial charge >= 0.3 is 0 Å². The monoisotopic (exact) mass is 354 g/mol. The van der Waals surface area contributed by atoms with Crippen molar-refractivity contribution in [2.45, 2.75) is 4.90 Å². The molecule has 0 aliphatic rings. The van der Waals surface area contributed by atoms with Crippen molar-refractivity contribution in [2.75, 3.05) is 11.6 Å². The van der Waals surface area contributed by atoms with Crippen LogP contribution in [0.2, 0.25) is 0 Å². The lowest BCUT2D eigenvalue weighted by molar-refractivity contribution is 0.102. The number of pyridine rings is 1. The minimum Gasteiger partial charge on any atom is -0.321 e. The number of carbonyl (C=O) groups excluding carboxylic acids is 1. The maximum Gasteiger partial charge on any atom is 0.255 e. The number of nitrogens with zero attached hydrogens (tertiary/aromatic N) is 1. The summed E-state index contributed by atoms with van der Waals surface area (Å²) in [7, 11) is -3.26. The van der Waals surface area contributed by atoms with E-state index in [1.807, 2.05) is 0 Å². The van der Waals surface area contributed by atoms with E-state index in [0.29, 0.717) is 15.7 Å². The van der Waals surface area contributed by atoms with Crippen molar-refractivity contribution in [2.24, 2.45) is 0 Å². The molecular formula is C13H11BrN2O3S. The summed E-state index contributed by atoms with van der Waals surface area (Å²) in [5.41, 5.74) is 0.971. The first-order valence-corrected chi connectivity index (χ1v) is 8.27. The Morgan fingerprint density at radius 3 is 2.40 bits per heavy atom. The molecule has 0 aliphatic carbocycles. The van der Waals surface area contributed by atoms with E-state index in [2.05, 4.69) is 26.2 Å². The quantitative estimate of drug-likeness (QED) is 0.918. The number of anilines is 1. The minimum absolute atomic E-state index is 0.180. The molecule has 7 heteroatoms. The van der Waals surface area contributed by atoms with Crippen LogP contribution in [0.15, 0.2) is 52.1 Å². The maximum absolute atomic E-state index is 12.0. The highest BCUT2D eigenvalue weighted by molar-refractivity contribution is 9.10. The molecular weight excluding hydrogens is 344 g/mol. The Hall–Kier alpha value is -1.73. The van der Waals surface area contributed by atoms with Gasteiger partial charge in [0.25, 0.3) is 5.91 Å². The summed E-state index contributed by atoms with van der Waals surface area (Å²) in [5, 5.41) is 2.71. The van der Waals surface area contributed by atoms with E-state index >= 15 is 0 Å². The van der Waals surface area contributed by atoms with Crippen molar-refractivity contribution < 1.29 is 13.2 Å². The van der Waals surface area contributed by atoms with Gasteiger partial charge < -0.3 is 5.32 Å². The molecule has 1 aromatic carbocycles. The van der Waals surface area contributed by atoms with Gasteiger partial charge in [-0.2, -0.15) is 0 Å². The van der Waals surface area contributed by atoms with Crippen molar-refractivity contribution in [1.82, 2.24) is 4.98 Å². The Labute approximate surface area is 125 Å². The first kappa shape index (κ1) is 14.7. The fourth-order valence-corrected chi connectivity index (χ4v) is 2.50. The second-order valence-electron chi connectivity index (χ2n) is 4.11. The molecule has 2 rings (SSSR count). The minimum atomic E-state index is -3.26. The van der Waals surface area contributed by atoms with Crippen LogP contribution in [-0.4, -0.2) is 25.6 Å². The summed E-state index contributed by atoms with van der Waals surface area (Å²) in [6, 6.07) is 7.42. The van der Waals surface area contributed by atoms with Gasteiger partial charge in [0, 0.05) is 24.2 Å². The SMILES string of the molecule is CS(=O)(=O)c1ccc(C(=O)Nc2ccncc2Br)cc1. The molecule has 0 bridgehead atoms. The topological polar surface area (TPSA) is 76.1 Å². The largest absolute Gasteiger partial charge is 0.321 e. The smallest absolute Gasteiger partial charge is 0.255 e. The van der Waals surface area contributed by atoms with Gasteiger partial charge in [-0.3, -0.25) is 9.78 Å². The van der Waals surface area contributed by atoms with Gasteiger partial charge in [0.15, 0.2) is 9.84 Å². The van der Waals surface area contributed by atoms with Crippen molar-refractivity contribution in [3.05, 3.63) is 52.8 Å². The molecule has 1 heterocycles. The number of sulfone groups is 1. The van der Waals surface area contributed by atoms with E-state index in [1.54, 1.807) is 18.5 Å². The van der Waals surface area contributed by atoms with Gasteiger partial charge in [0.2, 0.25) is 0 Å². The highest BCUT2D eigenvalue weighted by Crippen LogP contribution is 2.21. The summed E-state index contributed by atoms with van der Waals surface area (Å²) in [5.74, 6) is -0.322. The fourth-order valence-electron chi connectivity index (χ4n) is 1.52. The maximum atomic E-state index is 12.0. The van der Waals surface area contributed by atoms with Crippen LogP contribution >= 0.6 is 15.9 Å². The van der Waals surface area contributed by atoms with E-state index in [4.69, 9.17) is 0 Å². The zero-order valence-corrected chi connectivity index (χ0v) is 12.9.